The van der Waals surface area contributed by atoms with Gasteiger partial charge in [0.05, 0.1) is 10.2 Å². The van der Waals surface area contributed by atoms with Crippen LogP contribution < -0.4 is 9.64 Å². The minimum Gasteiger partial charge on any atom is -0.449 e. The number of furan rings is 1. The highest BCUT2D eigenvalue weighted by Crippen LogP contribution is 2.38. The maximum absolute atomic E-state index is 10.7. The molecule has 1 N–H and O–H groups in total. The number of piperazine rings is 1. The number of benzene rings is 2. The van der Waals surface area contributed by atoms with E-state index in [1.807, 2.05) is 30.3 Å². The lowest BCUT2D eigenvalue weighted by atomic mass is 10.1. The Kier molecular flexibility index (Phi) is 5.48. The smallest absolute Gasteiger partial charge is 0.449 e. The molecule has 0 radical (unpaired) electrons. The van der Waals surface area contributed by atoms with Crippen molar-refractivity contribution in [1.82, 2.24) is 4.90 Å². The van der Waals surface area contributed by atoms with Crippen molar-refractivity contribution in [2.75, 3.05) is 31.1 Å². The Morgan fingerprint density at radius 1 is 1.18 bits per heavy atom. The van der Waals surface area contributed by atoms with Gasteiger partial charge in [0.15, 0.2) is 0 Å². The maximum Gasteiger partial charge on any atom is 0.513 e. The van der Waals surface area contributed by atoms with Crippen LogP contribution in [0.3, 0.4) is 0 Å². The summed E-state index contributed by atoms with van der Waals surface area (Å²) < 4.78 is 10.9. The van der Waals surface area contributed by atoms with E-state index in [2.05, 4.69) is 36.5 Å². The van der Waals surface area contributed by atoms with Crippen LogP contribution in [-0.4, -0.2) is 42.3 Å². The van der Waals surface area contributed by atoms with E-state index >= 15 is 0 Å². The number of anilines is 1. The Morgan fingerprint density at radius 3 is 2.64 bits per heavy atom. The van der Waals surface area contributed by atoms with Gasteiger partial charge in [-0.2, -0.15) is 0 Å². The molecule has 28 heavy (non-hydrogen) atoms. The van der Waals surface area contributed by atoms with E-state index in [9.17, 15) is 4.79 Å². The van der Waals surface area contributed by atoms with E-state index in [1.54, 1.807) is 6.07 Å². The quantitative estimate of drug-likeness (QED) is 0.532. The standard InChI is InChI=1S/C20H18BrClN2O4/c21-19-14-11-18(28-20(25)26)27-17(14)6-5-16(19)24-9-7-23(8-10-24)12-13-3-1-2-4-15(13)22/h1-6,11H,7-10,12H2,(H,25,26). The molecule has 0 spiro atoms. The summed E-state index contributed by atoms with van der Waals surface area (Å²) in [4.78, 5) is 15.4. The van der Waals surface area contributed by atoms with E-state index in [0.29, 0.717) is 5.58 Å². The molecule has 1 aromatic heterocycles. The van der Waals surface area contributed by atoms with E-state index in [0.717, 1.165) is 58.9 Å². The highest BCUT2D eigenvalue weighted by atomic mass is 79.9. The molecular weight excluding hydrogens is 448 g/mol. The number of carbonyl (C=O) groups is 1. The van der Waals surface area contributed by atoms with Gasteiger partial charge in [-0.05, 0) is 39.7 Å². The molecule has 4 rings (SSSR count). The Morgan fingerprint density at radius 2 is 1.93 bits per heavy atom. The molecule has 0 aliphatic carbocycles. The van der Waals surface area contributed by atoms with E-state index in [1.165, 1.54) is 0 Å². The largest absolute Gasteiger partial charge is 0.513 e. The first-order valence-electron chi connectivity index (χ1n) is 8.85. The molecule has 6 nitrogen and oxygen atoms in total. The van der Waals surface area contributed by atoms with Gasteiger partial charge in [-0.1, -0.05) is 29.8 Å². The Bertz CT molecular complexity index is 1010. The molecular formula is C20H18BrClN2O4. The van der Waals surface area contributed by atoms with Crippen LogP contribution in [-0.2, 0) is 6.54 Å². The topological polar surface area (TPSA) is 66.2 Å². The third-order valence-corrected chi connectivity index (χ3v) is 6.05. The fourth-order valence-electron chi connectivity index (χ4n) is 3.44. The second kappa shape index (κ2) is 8.03. The third-order valence-electron chi connectivity index (χ3n) is 4.84. The molecule has 8 heteroatoms. The van der Waals surface area contributed by atoms with Gasteiger partial charge in [-0.25, -0.2) is 4.79 Å². The zero-order valence-corrected chi connectivity index (χ0v) is 17.2. The average molecular weight is 466 g/mol. The molecule has 0 amide bonds. The predicted octanol–water partition coefficient (Wildman–Crippen LogP) is 5.23. The number of hydrogen-bond acceptors (Lipinski definition) is 5. The summed E-state index contributed by atoms with van der Waals surface area (Å²) in [5.74, 6) is -0.0371. The number of rotatable bonds is 4. The van der Waals surface area contributed by atoms with Crippen LogP contribution in [0.4, 0.5) is 10.5 Å². The van der Waals surface area contributed by atoms with Crippen molar-refractivity contribution in [3.8, 4) is 5.95 Å². The average Bonchev–Trinajstić information content (AvgIpc) is 3.07. The SMILES string of the molecule is O=C(O)Oc1cc2c(Br)c(N3CCN(Cc4ccccc4Cl)CC3)ccc2o1. The van der Waals surface area contributed by atoms with Gasteiger partial charge >= 0.3 is 6.16 Å². The zero-order valence-electron chi connectivity index (χ0n) is 14.9. The number of ether oxygens (including phenoxy) is 1. The van der Waals surface area contributed by atoms with Crippen molar-refractivity contribution in [3.05, 3.63) is 57.5 Å². The minimum atomic E-state index is -1.40. The summed E-state index contributed by atoms with van der Waals surface area (Å²) in [6, 6.07) is 13.3. The fourth-order valence-corrected chi connectivity index (χ4v) is 4.33. The molecule has 2 aromatic carbocycles. The number of hydrogen-bond donors (Lipinski definition) is 1. The van der Waals surface area contributed by atoms with Gasteiger partial charge in [0.1, 0.15) is 5.58 Å². The first-order chi connectivity index (χ1) is 13.5. The van der Waals surface area contributed by atoms with Crippen LogP contribution in [0.25, 0.3) is 11.0 Å². The lowest BCUT2D eigenvalue weighted by Gasteiger charge is -2.36. The molecule has 2 heterocycles. The molecule has 1 aliphatic heterocycles. The summed E-state index contributed by atoms with van der Waals surface area (Å²) >= 11 is 9.92. The van der Waals surface area contributed by atoms with E-state index in [4.69, 9.17) is 21.1 Å². The summed E-state index contributed by atoms with van der Waals surface area (Å²) in [6.07, 6.45) is -1.40. The fraction of sp³-hybridized carbons (Fsp3) is 0.250. The highest BCUT2D eigenvalue weighted by Gasteiger charge is 2.21. The third kappa shape index (κ3) is 3.97. The second-order valence-electron chi connectivity index (χ2n) is 6.60. The van der Waals surface area contributed by atoms with Crippen LogP contribution in [0, 0.1) is 0 Å². The minimum absolute atomic E-state index is 0.0371. The van der Waals surface area contributed by atoms with Crippen molar-refractivity contribution >= 4 is 50.3 Å². The number of carboxylic acid groups (broad SMARTS) is 1. The monoisotopic (exact) mass is 464 g/mol. The van der Waals surface area contributed by atoms with Gasteiger partial charge in [0, 0.05) is 49.2 Å². The first-order valence-corrected chi connectivity index (χ1v) is 10.0. The zero-order chi connectivity index (χ0) is 19.7. The van der Waals surface area contributed by atoms with Crippen molar-refractivity contribution in [1.29, 1.82) is 0 Å². The molecule has 1 aliphatic rings. The highest BCUT2D eigenvalue weighted by molar-refractivity contribution is 9.10. The van der Waals surface area contributed by atoms with Crippen LogP contribution in [0.1, 0.15) is 5.56 Å². The molecule has 0 unspecified atom stereocenters. The van der Waals surface area contributed by atoms with Crippen molar-refractivity contribution in [3.63, 3.8) is 0 Å². The molecule has 0 atom stereocenters. The van der Waals surface area contributed by atoms with Gasteiger partial charge in [-0.15, -0.1) is 0 Å². The van der Waals surface area contributed by atoms with Gasteiger partial charge in [0.25, 0.3) is 5.95 Å². The normalized spacial score (nSPS) is 15.1. The summed E-state index contributed by atoms with van der Waals surface area (Å²) in [7, 11) is 0. The molecule has 1 saturated heterocycles. The Hall–Kier alpha value is -2.22. The summed E-state index contributed by atoms with van der Waals surface area (Å²) in [5, 5.41) is 10.3. The molecule has 0 saturated carbocycles. The van der Waals surface area contributed by atoms with E-state index < -0.39 is 6.16 Å². The molecule has 146 valence electrons. The van der Waals surface area contributed by atoms with Crippen LogP contribution in [0.2, 0.25) is 5.02 Å². The summed E-state index contributed by atoms with van der Waals surface area (Å²) in [5.41, 5.74) is 2.77. The number of fused-ring (bicyclic) bond motifs is 1. The number of nitrogens with zero attached hydrogens (tertiary/aromatic N) is 2. The predicted molar refractivity (Wildman–Crippen MR) is 112 cm³/mol. The summed E-state index contributed by atoms with van der Waals surface area (Å²) in [6.45, 7) is 4.45. The van der Waals surface area contributed by atoms with Gasteiger partial charge < -0.3 is 19.2 Å². The Balaban J connectivity index is 1.47. The molecule has 1 fully saturated rings. The van der Waals surface area contributed by atoms with E-state index in [-0.39, 0.29) is 5.95 Å². The maximum atomic E-state index is 10.7. The molecule has 0 bridgehead atoms. The van der Waals surface area contributed by atoms with Crippen LogP contribution >= 0.6 is 27.5 Å². The Labute approximate surface area is 175 Å². The first kappa shape index (κ1) is 19.1. The number of halogens is 2. The van der Waals surface area contributed by atoms with Crippen molar-refractivity contribution in [2.45, 2.75) is 6.54 Å². The van der Waals surface area contributed by atoms with Crippen LogP contribution in [0.5, 0.6) is 5.95 Å². The second-order valence-corrected chi connectivity index (χ2v) is 7.80. The lowest BCUT2D eigenvalue weighted by molar-refractivity contribution is 0.134. The lowest BCUT2D eigenvalue weighted by Crippen LogP contribution is -2.46. The van der Waals surface area contributed by atoms with Gasteiger partial charge in [-0.3, -0.25) is 4.90 Å². The van der Waals surface area contributed by atoms with Crippen molar-refractivity contribution < 1.29 is 19.1 Å². The van der Waals surface area contributed by atoms with Crippen LogP contribution in [0.15, 0.2) is 51.4 Å². The molecule has 3 aromatic rings. The van der Waals surface area contributed by atoms with Gasteiger partial charge in [0.2, 0.25) is 0 Å². The van der Waals surface area contributed by atoms with Crippen molar-refractivity contribution in [2.24, 2.45) is 0 Å².